The quantitative estimate of drug-likeness (QED) is 0.662. The number of hydrogen-bond acceptors (Lipinski definition) is 5. The van der Waals surface area contributed by atoms with Crippen molar-refractivity contribution >= 4 is 0 Å². The SMILES string of the molecule is CC(C#N)CNCCc1ncno1. The molecule has 0 saturated carbocycles. The Bertz CT molecular complexity index is 264. The van der Waals surface area contributed by atoms with Crippen LogP contribution in [-0.4, -0.2) is 23.2 Å². The first kappa shape index (κ1) is 9.68. The van der Waals surface area contributed by atoms with Crippen LogP contribution in [0.15, 0.2) is 10.9 Å². The van der Waals surface area contributed by atoms with Crippen molar-refractivity contribution in [3.63, 3.8) is 0 Å². The molecule has 0 fully saturated rings. The maximum atomic E-state index is 8.49. The third-order valence-electron chi connectivity index (χ3n) is 1.59. The van der Waals surface area contributed by atoms with Crippen molar-refractivity contribution in [2.24, 2.45) is 5.92 Å². The molecule has 0 aliphatic carbocycles. The van der Waals surface area contributed by atoms with Crippen LogP contribution in [0.25, 0.3) is 0 Å². The highest BCUT2D eigenvalue weighted by Gasteiger charge is 2.00. The smallest absolute Gasteiger partial charge is 0.227 e. The molecular weight excluding hydrogens is 168 g/mol. The molecule has 0 radical (unpaired) electrons. The van der Waals surface area contributed by atoms with Crippen LogP contribution in [0.1, 0.15) is 12.8 Å². The molecule has 5 heteroatoms. The summed E-state index contributed by atoms with van der Waals surface area (Å²) in [4.78, 5) is 3.87. The summed E-state index contributed by atoms with van der Waals surface area (Å²) in [7, 11) is 0. The summed E-state index contributed by atoms with van der Waals surface area (Å²) in [6.45, 7) is 3.33. The van der Waals surface area contributed by atoms with Crippen LogP contribution in [0.2, 0.25) is 0 Å². The predicted molar refractivity (Wildman–Crippen MR) is 45.6 cm³/mol. The van der Waals surface area contributed by atoms with E-state index < -0.39 is 0 Å². The van der Waals surface area contributed by atoms with Gasteiger partial charge in [0.25, 0.3) is 0 Å². The first-order chi connectivity index (χ1) is 6.33. The van der Waals surface area contributed by atoms with Crippen LogP contribution >= 0.6 is 0 Å². The van der Waals surface area contributed by atoms with Gasteiger partial charge in [0.05, 0.1) is 12.0 Å². The van der Waals surface area contributed by atoms with E-state index in [0.717, 1.165) is 6.54 Å². The number of nitrogens with zero attached hydrogens (tertiary/aromatic N) is 3. The lowest BCUT2D eigenvalue weighted by Crippen LogP contribution is -2.22. The molecule has 0 amide bonds. The summed E-state index contributed by atoms with van der Waals surface area (Å²) < 4.78 is 4.80. The fraction of sp³-hybridized carbons (Fsp3) is 0.625. The highest BCUT2D eigenvalue weighted by Crippen LogP contribution is 1.91. The van der Waals surface area contributed by atoms with Crippen LogP contribution in [0, 0.1) is 17.2 Å². The van der Waals surface area contributed by atoms with Gasteiger partial charge in [0.15, 0.2) is 6.33 Å². The van der Waals surface area contributed by atoms with Gasteiger partial charge in [-0.05, 0) is 6.92 Å². The van der Waals surface area contributed by atoms with E-state index in [1.807, 2.05) is 6.92 Å². The molecule has 1 N–H and O–H groups in total. The third kappa shape index (κ3) is 3.67. The molecule has 1 unspecified atom stereocenters. The highest BCUT2D eigenvalue weighted by atomic mass is 16.5. The topological polar surface area (TPSA) is 74.7 Å². The Kier molecular flexibility index (Phi) is 3.93. The van der Waals surface area contributed by atoms with Gasteiger partial charge in [0.2, 0.25) is 5.89 Å². The van der Waals surface area contributed by atoms with Crippen molar-refractivity contribution in [1.82, 2.24) is 15.5 Å². The van der Waals surface area contributed by atoms with Gasteiger partial charge in [0.1, 0.15) is 0 Å². The molecular formula is C8H12N4O. The molecule has 0 aliphatic rings. The molecule has 0 aliphatic heterocycles. The van der Waals surface area contributed by atoms with Crippen molar-refractivity contribution in [3.05, 3.63) is 12.2 Å². The van der Waals surface area contributed by atoms with Gasteiger partial charge >= 0.3 is 0 Å². The lowest BCUT2D eigenvalue weighted by molar-refractivity contribution is 0.374. The summed E-state index contributed by atoms with van der Waals surface area (Å²) in [5, 5.41) is 15.1. The Morgan fingerprint density at radius 3 is 3.23 bits per heavy atom. The zero-order chi connectivity index (χ0) is 9.52. The summed E-state index contributed by atoms with van der Waals surface area (Å²) in [5.41, 5.74) is 0. The first-order valence-corrected chi connectivity index (χ1v) is 4.19. The number of aromatic nitrogens is 2. The molecule has 0 aromatic carbocycles. The van der Waals surface area contributed by atoms with E-state index in [4.69, 9.17) is 9.78 Å². The average molecular weight is 180 g/mol. The maximum absolute atomic E-state index is 8.49. The van der Waals surface area contributed by atoms with E-state index in [9.17, 15) is 0 Å². The van der Waals surface area contributed by atoms with Gasteiger partial charge in [0, 0.05) is 19.5 Å². The Morgan fingerprint density at radius 1 is 1.77 bits per heavy atom. The lowest BCUT2D eigenvalue weighted by atomic mass is 10.2. The van der Waals surface area contributed by atoms with Crippen molar-refractivity contribution < 1.29 is 4.52 Å². The maximum Gasteiger partial charge on any atom is 0.227 e. The number of nitriles is 1. The number of rotatable bonds is 5. The number of hydrogen-bond donors (Lipinski definition) is 1. The van der Waals surface area contributed by atoms with E-state index in [0.29, 0.717) is 18.9 Å². The molecule has 70 valence electrons. The Morgan fingerprint density at radius 2 is 2.62 bits per heavy atom. The summed E-state index contributed by atoms with van der Waals surface area (Å²) in [6, 6.07) is 2.14. The predicted octanol–water partition coefficient (Wildman–Crippen LogP) is 0.361. The van der Waals surface area contributed by atoms with Gasteiger partial charge in [-0.3, -0.25) is 0 Å². The highest BCUT2D eigenvalue weighted by molar-refractivity contribution is 4.81. The van der Waals surface area contributed by atoms with Gasteiger partial charge < -0.3 is 9.84 Å². The molecule has 0 bridgehead atoms. The van der Waals surface area contributed by atoms with E-state index in [1.54, 1.807) is 0 Å². The molecule has 0 saturated heterocycles. The van der Waals surface area contributed by atoms with Gasteiger partial charge in [-0.25, -0.2) is 0 Å². The molecule has 1 aromatic heterocycles. The van der Waals surface area contributed by atoms with E-state index in [1.165, 1.54) is 6.33 Å². The minimum Gasteiger partial charge on any atom is -0.340 e. The standard InChI is InChI=1S/C8H12N4O/c1-7(4-9)5-10-3-2-8-11-6-12-13-8/h6-7,10H,2-3,5H2,1H3. The van der Waals surface area contributed by atoms with Crippen LogP contribution < -0.4 is 5.32 Å². The third-order valence-corrected chi connectivity index (χ3v) is 1.59. The summed E-state index contributed by atoms with van der Waals surface area (Å²) in [6.07, 6.45) is 2.09. The van der Waals surface area contributed by atoms with E-state index in [-0.39, 0.29) is 5.92 Å². The molecule has 1 aromatic rings. The van der Waals surface area contributed by atoms with Crippen LogP contribution in [-0.2, 0) is 6.42 Å². The minimum absolute atomic E-state index is 0.0442. The summed E-state index contributed by atoms with van der Waals surface area (Å²) in [5.74, 6) is 0.666. The van der Waals surface area contributed by atoms with Crippen LogP contribution in [0.4, 0.5) is 0 Å². The fourth-order valence-corrected chi connectivity index (χ4v) is 0.866. The van der Waals surface area contributed by atoms with Crippen LogP contribution in [0.3, 0.4) is 0 Å². The minimum atomic E-state index is 0.0442. The zero-order valence-corrected chi connectivity index (χ0v) is 7.53. The Labute approximate surface area is 76.7 Å². The average Bonchev–Trinajstić information content (AvgIpc) is 2.64. The normalized spacial score (nSPS) is 12.3. The zero-order valence-electron chi connectivity index (χ0n) is 7.53. The molecule has 0 spiro atoms. The summed E-state index contributed by atoms with van der Waals surface area (Å²) >= 11 is 0. The largest absolute Gasteiger partial charge is 0.340 e. The van der Waals surface area contributed by atoms with Gasteiger partial charge in [-0.1, -0.05) is 5.16 Å². The molecule has 13 heavy (non-hydrogen) atoms. The van der Waals surface area contributed by atoms with E-state index >= 15 is 0 Å². The molecule has 5 nitrogen and oxygen atoms in total. The monoisotopic (exact) mass is 180 g/mol. The molecule has 1 atom stereocenters. The van der Waals surface area contributed by atoms with E-state index in [2.05, 4.69) is 21.5 Å². The Balaban J connectivity index is 2.06. The fourth-order valence-electron chi connectivity index (χ4n) is 0.866. The van der Waals surface area contributed by atoms with Crippen molar-refractivity contribution in [1.29, 1.82) is 5.26 Å². The number of nitrogens with one attached hydrogen (secondary N) is 1. The van der Waals surface area contributed by atoms with Crippen LogP contribution in [0.5, 0.6) is 0 Å². The first-order valence-electron chi connectivity index (χ1n) is 4.19. The van der Waals surface area contributed by atoms with Gasteiger partial charge in [-0.15, -0.1) is 0 Å². The Hall–Kier alpha value is -1.41. The van der Waals surface area contributed by atoms with Gasteiger partial charge in [-0.2, -0.15) is 10.2 Å². The molecule has 1 rings (SSSR count). The lowest BCUT2D eigenvalue weighted by Gasteiger charge is -2.02. The second-order valence-electron chi connectivity index (χ2n) is 2.82. The van der Waals surface area contributed by atoms with Crippen molar-refractivity contribution in [3.8, 4) is 6.07 Å². The molecule has 1 heterocycles. The second kappa shape index (κ2) is 5.27. The second-order valence-corrected chi connectivity index (χ2v) is 2.82. The van der Waals surface area contributed by atoms with Crippen molar-refractivity contribution in [2.45, 2.75) is 13.3 Å². The van der Waals surface area contributed by atoms with Crippen molar-refractivity contribution in [2.75, 3.05) is 13.1 Å².